The number of benzene rings is 2. The zero-order valence-corrected chi connectivity index (χ0v) is 16.9. The van der Waals surface area contributed by atoms with Crippen LogP contribution >= 0.6 is 0 Å². The van der Waals surface area contributed by atoms with Crippen molar-refractivity contribution in [3.8, 4) is 0 Å². The van der Waals surface area contributed by atoms with E-state index in [1.165, 1.54) is 0 Å². The summed E-state index contributed by atoms with van der Waals surface area (Å²) >= 11 is 0. The number of carbonyl (C=O) groups is 2. The molecular weight excluding hydrogens is 348 g/mol. The van der Waals surface area contributed by atoms with Crippen molar-refractivity contribution in [3.63, 3.8) is 0 Å². The summed E-state index contributed by atoms with van der Waals surface area (Å²) in [5.74, 6) is 0.492. The molecule has 2 atom stereocenters. The molecule has 0 aromatic heterocycles. The Bertz CT molecular complexity index is 765. The molecule has 28 heavy (non-hydrogen) atoms. The number of carbonyl (C=O) groups excluding carboxylic acids is 2. The van der Waals surface area contributed by atoms with Crippen LogP contribution in [0.15, 0.2) is 60.7 Å². The lowest BCUT2D eigenvalue weighted by atomic mass is 9.93. The van der Waals surface area contributed by atoms with Gasteiger partial charge in [0, 0.05) is 11.1 Å². The molecule has 3 heterocycles. The third-order valence-electron chi connectivity index (χ3n) is 7.49. The van der Waals surface area contributed by atoms with Gasteiger partial charge in [-0.2, -0.15) is 0 Å². The van der Waals surface area contributed by atoms with Gasteiger partial charge in [0.25, 0.3) is 0 Å². The molecule has 3 aliphatic heterocycles. The van der Waals surface area contributed by atoms with E-state index in [-0.39, 0.29) is 23.7 Å². The second-order valence-corrected chi connectivity index (χ2v) is 8.59. The Kier molecular flexibility index (Phi) is 4.94. The number of Topliss-reactive ketones (excluding diaryl/α,β-unsaturated/α-hetero) is 2. The molecule has 0 spiro atoms. The minimum Gasteiger partial charge on any atom is -0.301 e. The highest BCUT2D eigenvalue weighted by atomic mass is 16.1. The highest BCUT2D eigenvalue weighted by molar-refractivity contribution is 5.99. The average Bonchev–Trinajstić information content (AvgIpc) is 2.79. The maximum absolute atomic E-state index is 13.1. The quantitative estimate of drug-likeness (QED) is 0.571. The Morgan fingerprint density at radius 3 is 1.18 bits per heavy atom. The summed E-state index contributed by atoms with van der Waals surface area (Å²) in [5.41, 5.74) is 1.62. The van der Waals surface area contributed by atoms with E-state index in [0.717, 1.165) is 59.4 Å². The molecule has 0 aliphatic carbocycles. The monoisotopic (exact) mass is 378 g/mol. The van der Waals surface area contributed by atoms with E-state index >= 15 is 0 Å². The standard InChI is InChI=1S/C24H30N2O2/c1-19(23(27)21-9-5-3-6-10-21)25-13-16-26(17-14-25,18-15-25)20(2)24(28)22-11-7-4-8-12-22/h3-12,19-20H,13-18H2,1-2H3/q+2. The maximum Gasteiger partial charge on any atom is 0.219 e. The molecule has 0 N–H and O–H groups in total. The Balaban J connectivity index is 1.49. The fraction of sp³-hybridized carbons (Fsp3) is 0.417. The highest BCUT2D eigenvalue weighted by Crippen LogP contribution is 2.33. The molecule has 2 aromatic carbocycles. The van der Waals surface area contributed by atoms with Crippen LogP contribution in [-0.2, 0) is 0 Å². The van der Waals surface area contributed by atoms with Crippen molar-refractivity contribution in [3.05, 3.63) is 71.8 Å². The van der Waals surface area contributed by atoms with Crippen molar-refractivity contribution >= 4 is 11.6 Å². The predicted octanol–water partition coefficient (Wildman–Crippen LogP) is 3.19. The number of hydrogen-bond acceptors (Lipinski definition) is 2. The molecule has 3 fully saturated rings. The van der Waals surface area contributed by atoms with E-state index in [4.69, 9.17) is 0 Å². The van der Waals surface area contributed by atoms with Gasteiger partial charge < -0.3 is 8.97 Å². The molecule has 5 rings (SSSR count). The van der Waals surface area contributed by atoms with Gasteiger partial charge in [0.15, 0.2) is 12.1 Å². The van der Waals surface area contributed by atoms with E-state index in [0.29, 0.717) is 0 Å². The van der Waals surface area contributed by atoms with E-state index < -0.39 is 0 Å². The van der Waals surface area contributed by atoms with Gasteiger partial charge >= 0.3 is 0 Å². The van der Waals surface area contributed by atoms with Crippen LogP contribution in [0.4, 0.5) is 0 Å². The largest absolute Gasteiger partial charge is 0.301 e. The number of ketones is 2. The molecule has 0 saturated carbocycles. The van der Waals surface area contributed by atoms with Gasteiger partial charge in [0.2, 0.25) is 11.6 Å². The zero-order valence-electron chi connectivity index (χ0n) is 16.9. The first-order valence-electron chi connectivity index (χ1n) is 10.4. The molecular formula is C24H30N2O2+2. The van der Waals surface area contributed by atoms with Crippen molar-refractivity contribution < 1.29 is 18.6 Å². The van der Waals surface area contributed by atoms with Gasteiger partial charge in [-0.15, -0.1) is 0 Å². The smallest absolute Gasteiger partial charge is 0.219 e. The molecule has 4 heteroatoms. The van der Waals surface area contributed by atoms with Crippen LogP contribution in [0, 0.1) is 0 Å². The average molecular weight is 379 g/mol. The maximum atomic E-state index is 13.1. The summed E-state index contributed by atoms with van der Waals surface area (Å²) in [6.45, 7) is 10.1. The Morgan fingerprint density at radius 1 is 0.607 bits per heavy atom. The number of piperazine rings is 3. The molecule has 0 amide bonds. The van der Waals surface area contributed by atoms with Crippen molar-refractivity contribution in [1.29, 1.82) is 0 Å². The zero-order chi connectivity index (χ0) is 19.8. The van der Waals surface area contributed by atoms with Crippen molar-refractivity contribution in [2.24, 2.45) is 0 Å². The van der Waals surface area contributed by atoms with Crippen molar-refractivity contribution in [1.82, 2.24) is 0 Å². The fourth-order valence-corrected chi connectivity index (χ4v) is 5.21. The molecule has 2 bridgehead atoms. The lowest BCUT2D eigenvalue weighted by molar-refractivity contribution is -1.09. The summed E-state index contributed by atoms with van der Waals surface area (Å²) in [4.78, 5) is 26.1. The van der Waals surface area contributed by atoms with E-state index in [9.17, 15) is 9.59 Å². The highest BCUT2D eigenvalue weighted by Gasteiger charge is 2.56. The first-order valence-corrected chi connectivity index (χ1v) is 10.4. The van der Waals surface area contributed by atoms with Crippen LogP contribution in [0.2, 0.25) is 0 Å². The van der Waals surface area contributed by atoms with Gasteiger partial charge in [-0.25, -0.2) is 0 Å². The molecule has 2 unspecified atom stereocenters. The van der Waals surface area contributed by atoms with Crippen LogP contribution in [0.3, 0.4) is 0 Å². The van der Waals surface area contributed by atoms with Crippen LogP contribution in [0.25, 0.3) is 0 Å². The Morgan fingerprint density at radius 2 is 0.893 bits per heavy atom. The summed E-state index contributed by atoms with van der Waals surface area (Å²) < 4.78 is 1.75. The Hall–Kier alpha value is -2.30. The normalized spacial score (nSPS) is 28.5. The topological polar surface area (TPSA) is 34.1 Å². The number of quaternary nitrogens is 2. The van der Waals surface area contributed by atoms with E-state index in [1.54, 1.807) is 0 Å². The predicted molar refractivity (Wildman–Crippen MR) is 110 cm³/mol. The number of rotatable bonds is 6. The molecule has 3 aliphatic rings. The number of hydrogen-bond donors (Lipinski definition) is 0. The third kappa shape index (κ3) is 3.11. The van der Waals surface area contributed by atoms with Crippen LogP contribution in [0.5, 0.6) is 0 Å². The van der Waals surface area contributed by atoms with Crippen molar-refractivity contribution in [2.75, 3.05) is 39.3 Å². The summed E-state index contributed by atoms with van der Waals surface area (Å²) in [7, 11) is 0. The van der Waals surface area contributed by atoms with E-state index in [2.05, 4.69) is 13.8 Å². The van der Waals surface area contributed by atoms with Crippen LogP contribution in [0.1, 0.15) is 34.6 Å². The SMILES string of the molecule is CC(C(=O)c1ccccc1)[N+]12CC[N+](C(C)C(=O)c3ccccc3)(CC1)CC2. The molecule has 146 valence electrons. The first kappa shape index (κ1) is 19.0. The molecule has 3 saturated heterocycles. The second kappa shape index (κ2) is 7.26. The van der Waals surface area contributed by atoms with Crippen LogP contribution in [-0.4, -0.2) is 71.9 Å². The minimum absolute atomic E-state index is 0.0231. The molecule has 0 radical (unpaired) electrons. The summed E-state index contributed by atoms with van der Waals surface area (Å²) in [6, 6.07) is 19.3. The second-order valence-electron chi connectivity index (χ2n) is 8.59. The fourth-order valence-electron chi connectivity index (χ4n) is 5.21. The summed E-state index contributed by atoms with van der Waals surface area (Å²) in [6.07, 6.45) is 0. The lowest BCUT2D eigenvalue weighted by Gasteiger charge is -2.58. The van der Waals surface area contributed by atoms with Gasteiger partial charge in [0.05, 0.1) is 0 Å². The molecule has 4 nitrogen and oxygen atoms in total. The number of fused-ring (bicyclic) bond motifs is 3. The van der Waals surface area contributed by atoms with Gasteiger partial charge in [-0.05, 0) is 13.8 Å². The Labute approximate surface area is 167 Å². The number of nitrogens with zero attached hydrogens (tertiary/aromatic N) is 2. The van der Waals surface area contributed by atoms with Gasteiger partial charge in [-0.3, -0.25) is 9.59 Å². The van der Waals surface area contributed by atoms with Gasteiger partial charge in [0.1, 0.15) is 39.3 Å². The third-order valence-corrected chi connectivity index (χ3v) is 7.49. The minimum atomic E-state index is -0.0231. The van der Waals surface area contributed by atoms with Gasteiger partial charge in [-0.1, -0.05) is 60.7 Å². The summed E-state index contributed by atoms with van der Waals surface area (Å²) in [5, 5.41) is 0. The lowest BCUT2D eigenvalue weighted by Crippen LogP contribution is -2.80. The molecule has 2 aromatic rings. The van der Waals surface area contributed by atoms with E-state index in [1.807, 2.05) is 60.7 Å². The first-order chi connectivity index (χ1) is 13.5. The van der Waals surface area contributed by atoms with Crippen LogP contribution < -0.4 is 0 Å². The van der Waals surface area contributed by atoms with Crippen molar-refractivity contribution in [2.45, 2.75) is 25.9 Å².